The molecule has 0 aliphatic carbocycles. The Labute approximate surface area is 243 Å². The summed E-state index contributed by atoms with van der Waals surface area (Å²) in [5.41, 5.74) is 1.83. The lowest BCUT2D eigenvalue weighted by Gasteiger charge is -2.37. The van der Waals surface area contributed by atoms with Crippen molar-refractivity contribution < 1.29 is 22.7 Å². The van der Waals surface area contributed by atoms with E-state index in [1.54, 1.807) is 29.1 Å². The predicted molar refractivity (Wildman–Crippen MR) is 155 cm³/mol. The zero-order valence-corrected chi connectivity index (χ0v) is 23.9. The summed E-state index contributed by atoms with van der Waals surface area (Å²) in [6.07, 6.45) is 5.77. The third kappa shape index (κ3) is 7.05. The summed E-state index contributed by atoms with van der Waals surface area (Å²) < 4.78 is 51.6. The fraction of sp³-hybridized carbons (Fsp3) is 0.419. The number of benzene rings is 2. The maximum atomic E-state index is 15.0. The number of hydrogen-bond acceptors (Lipinski definition) is 5. The smallest absolute Gasteiger partial charge is 0.228 e. The van der Waals surface area contributed by atoms with Gasteiger partial charge in [0.1, 0.15) is 23.6 Å². The molecule has 2 aromatic carbocycles. The van der Waals surface area contributed by atoms with Crippen LogP contribution in [0.3, 0.4) is 0 Å². The molecule has 1 N–H and O–H groups in total. The van der Waals surface area contributed by atoms with Crippen molar-refractivity contribution in [3.63, 3.8) is 0 Å². The number of imidazole rings is 1. The number of nitrogens with one attached hydrogen (secondary N) is 1. The molecule has 3 aromatic rings. The van der Waals surface area contributed by atoms with E-state index >= 15 is 0 Å². The van der Waals surface area contributed by atoms with E-state index in [4.69, 9.17) is 9.72 Å². The Morgan fingerprint density at radius 2 is 2.00 bits per heavy atom. The van der Waals surface area contributed by atoms with Crippen molar-refractivity contribution in [3.05, 3.63) is 89.5 Å². The highest BCUT2D eigenvalue weighted by molar-refractivity contribution is 7.98. The lowest BCUT2D eigenvalue weighted by molar-refractivity contribution is -0.132. The second-order valence-electron chi connectivity index (χ2n) is 10.5. The molecule has 218 valence electrons. The number of hydrogen-bond donors (Lipinski definition) is 1. The van der Waals surface area contributed by atoms with Gasteiger partial charge in [-0.1, -0.05) is 30.3 Å². The van der Waals surface area contributed by atoms with Gasteiger partial charge < -0.3 is 19.5 Å². The van der Waals surface area contributed by atoms with Crippen LogP contribution in [0.25, 0.3) is 11.3 Å². The van der Waals surface area contributed by atoms with Crippen LogP contribution in [-0.4, -0.2) is 64.8 Å². The summed E-state index contributed by atoms with van der Waals surface area (Å²) in [6, 6.07) is 12.5. The molecule has 10 heteroatoms. The van der Waals surface area contributed by atoms with Gasteiger partial charge in [0.2, 0.25) is 5.91 Å². The SMILES string of the molecule is CSCCC(=O)N(C=C1CNCC1F)C(c1nc(-c2cc(F)ccc2F)cn1Cc1ccccc1)C1CCOCC1. The molecule has 2 fully saturated rings. The van der Waals surface area contributed by atoms with Gasteiger partial charge in [-0.05, 0) is 54.4 Å². The molecule has 2 atom stereocenters. The second kappa shape index (κ2) is 13.7. The number of alkyl halides is 1. The third-order valence-corrected chi connectivity index (χ3v) is 8.26. The summed E-state index contributed by atoms with van der Waals surface area (Å²) in [7, 11) is 0. The minimum atomic E-state index is -1.19. The lowest BCUT2D eigenvalue weighted by atomic mass is 9.89. The highest BCUT2D eigenvalue weighted by atomic mass is 32.2. The molecule has 0 bridgehead atoms. The van der Waals surface area contributed by atoms with Crippen LogP contribution in [0, 0.1) is 17.6 Å². The number of aromatic nitrogens is 2. The van der Waals surface area contributed by atoms with E-state index in [2.05, 4.69) is 5.32 Å². The molecule has 1 amide bonds. The first-order chi connectivity index (χ1) is 19.9. The number of thioether (sulfide) groups is 1. The molecule has 0 radical (unpaired) electrons. The van der Waals surface area contributed by atoms with Gasteiger partial charge in [-0.3, -0.25) is 4.79 Å². The van der Waals surface area contributed by atoms with E-state index in [9.17, 15) is 18.0 Å². The van der Waals surface area contributed by atoms with Crippen LogP contribution >= 0.6 is 11.8 Å². The fourth-order valence-corrected chi connectivity index (χ4v) is 5.89. The normalized spacial score (nSPS) is 19.5. The first-order valence-electron chi connectivity index (χ1n) is 13.9. The highest BCUT2D eigenvalue weighted by Gasteiger charge is 2.37. The van der Waals surface area contributed by atoms with Gasteiger partial charge in [0, 0.05) is 63.0 Å². The van der Waals surface area contributed by atoms with Gasteiger partial charge in [0.25, 0.3) is 0 Å². The van der Waals surface area contributed by atoms with E-state index in [1.165, 1.54) is 0 Å². The standard InChI is InChI=1S/C31H35F3N4O2S/c1-41-14-11-29(39)38(19-23-16-35-17-27(23)34)30(22-9-12-40-13-10-22)31-36-28(25-15-24(32)7-8-26(25)33)20-37(31)18-21-5-3-2-4-6-21/h2-8,15,19-20,22,27,30,35H,9-14,16-18H2,1H3. The minimum Gasteiger partial charge on any atom is -0.381 e. The van der Waals surface area contributed by atoms with Gasteiger partial charge in [0.15, 0.2) is 0 Å². The summed E-state index contributed by atoms with van der Waals surface area (Å²) in [4.78, 5) is 20.4. The number of carbonyl (C=O) groups excluding carboxylic acids is 1. The largest absolute Gasteiger partial charge is 0.381 e. The van der Waals surface area contributed by atoms with Crippen LogP contribution in [0.4, 0.5) is 13.2 Å². The summed E-state index contributed by atoms with van der Waals surface area (Å²) >= 11 is 1.57. The van der Waals surface area contributed by atoms with E-state index < -0.39 is 23.8 Å². The number of carbonyl (C=O) groups is 1. The molecule has 2 aliphatic rings. The average Bonchev–Trinajstić information content (AvgIpc) is 3.59. The van der Waals surface area contributed by atoms with Crippen LogP contribution in [0.2, 0.25) is 0 Å². The Hall–Kier alpha value is -3.08. The second-order valence-corrected chi connectivity index (χ2v) is 11.4. The van der Waals surface area contributed by atoms with E-state index in [-0.39, 0.29) is 36.0 Å². The molecule has 0 saturated carbocycles. The van der Waals surface area contributed by atoms with Gasteiger partial charge >= 0.3 is 0 Å². The first-order valence-corrected chi connectivity index (χ1v) is 15.3. The molecular weight excluding hydrogens is 549 g/mol. The molecule has 2 aliphatic heterocycles. The van der Waals surface area contributed by atoms with Crippen molar-refractivity contribution in [3.8, 4) is 11.3 Å². The zero-order chi connectivity index (χ0) is 28.8. The van der Waals surface area contributed by atoms with Gasteiger partial charge in [0.05, 0.1) is 11.7 Å². The fourth-order valence-electron chi connectivity index (χ4n) is 5.51. The number of rotatable bonds is 10. The van der Waals surface area contributed by atoms with Crippen LogP contribution in [0.15, 0.2) is 66.5 Å². The number of ether oxygens (including phenoxy) is 1. The Bertz CT molecular complexity index is 1360. The van der Waals surface area contributed by atoms with Crippen molar-refractivity contribution in [2.75, 3.05) is 38.3 Å². The average molecular weight is 585 g/mol. The van der Waals surface area contributed by atoms with Crippen molar-refractivity contribution in [1.82, 2.24) is 19.8 Å². The first kappa shape index (κ1) is 29.4. The van der Waals surface area contributed by atoms with E-state index in [0.29, 0.717) is 56.3 Å². The minimum absolute atomic E-state index is 0.0339. The third-order valence-electron chi connectivity index (χ3n) is 7.65. The maximum Gasteiger partial charge on any atom is 0.228 e. The van der Waals surface area contributed by atoms with Crippen molar-refractivity contribution in [2.45, 2.75) is 38.0 Å². The molecule has 6 nitrogen and oxygen atoms in total. The number of amides is 1. The Morgan fingerprint density at radius 3 is 2.71 bits per heavy atom. The van der Waals surface area contributed by atoms with E-state index in [0.717, 1.165) is 23.8 Å². The van der Waals surface area contributed by atoms with E-state index in [1.807, 2.05) is 41.2 Å². The van der Waals surface area contributed by atoms with Crippen molar-refractivity contribution >= 4 is 17.7 Å². The van der Waals surface area contributed by atoms with Crippen molar-refractivity contribution in [2.24, 2.45) is 5.92 Å². The monoisotopic (exact) mass is 584 g/mol. The highest BCUT2D eigenvalue weighted by Crippen LogP contribution is 2.38. The van der Waals surface area contributed by atoms with Gasteiger partial charge in [-0.2, -0.15) is 11.8 Å². The maximum absolute atomic E-state index is 15.0. The Balaban J connectivity index is 1.67. The molecule has 2 unspecified atom stereocenters. The molecule has 0 spiro atoms. The Kier molecular flexibility index (Phi) is 9.84. The molecule has 2 saturated heterocycles. The quantitative estimate of drug-likeness (QED) is 0.329. The summed E-state index contributed by atoms with van der Waals surface area (Å²) in [6.45, 7) is 2.03. The number of halogens is 3. The molecule has 5 rings (SSSR count). The summed E-state index contributed by atoms with van der Waals surface area (Å²) in [5.74, 6) is -0.145. The van der Waals surface area contributed by atoms with Crippen molar-refractivity contribution in [1.29, 1.82) is 0 Å². The van der Waals surface area contributed by atoms with Crippen LogP contribution < -0.4 is 5.32 Å². The molecule has 3 heterocycles. The van der Waals surface area contributed by atoms with Crippen LogP contribution in [0.1, 0.15) is 36.7 Å². The van der Waals surface area contributed by atoms with Crippen LogP contribution in [0.5, 0.6) is 0 Å². The zero-order valence-electron chi connectivity index (χ0n) is 23.1. The topological polar surface area (TPSA) is 59.4 Å². The van der Waals surface area contributed by atoms with Gasteiger partial charge in [-0.25, -0.2) is 18.2 Å². The predicted octanol–water partition coefficient (Wildman–Crippen LogP) is 5.75. The molecule has 1 aromatic heterocycles. The molecular formula is C31H35F3N4O2S. The van der Waals surface area contributed by atoms with Gasteiger partial charge in [-0.15, -0.1) is 0 Å². The summed E-state index contributed by atoms with van der Waals surface area (Å²) in [5, 5.41) is 3.05. The molecule has 41 heavy (non-hydrogen) atoms. The van der Waals surface area contributed by atoms with Crippen LogP contribution in [-0.2, 0) is 16.1 Å². The number of nitrogens with zero attached hydrogens (tertiary/aromatic N) is 3. The lowest BCUT2D eigenvalue weighted by Crippen LogP contribution is -2.39. The Morgan fingerprint density at radius 1 is 1.22 bits per heavy atom.